The summed E-state index contributed by atoms with van der Waals surface area (Å²) in [6, 6.07) is 4.78. The Bertz CT molecular complexity index is 886. The number of rotatable bonds is 4. The van der Waals surface area contributed by atoms with Crippen LogP contribution in [0.1, 0.15) is 24.7 Å². The van der Waals surface area contributed by atoms with Crippen LogP contribution < -0.4 is 9.80 Å². The van der Waals surface area contributed by atoms with Crippen LogP contribution in [-0.2, 0) is 9.84 Å². The van der Waals surface area contributed by atoms with Crippen LogP contribution in [0.5, 0.6) is 0 Å². The molecular formula is C16H19F3N4O3S. The highest BCUT2D eigenvalue weighted by molar-refractivity contribution is 7.92. The van der Waals surface area contributed by atoms with Gasteiger partial charge in [0.1, 0.15) is 0 Å². The third kappa shape index (κ3) is 3.87. The Morgan fingerprint density at radius 2 is 1.74 bits per heavy atom. The van der Waals surface area contributed by atoms with E-state index in [0.29, 0.717) is 30.6 Å². The molecule has 2 aromatic rings. The highest BCUT2D eigenvalue weighted by atomic mass is 32.2. The number of sulfone groups is 1. The van der Waals surface area contributed by atoms with Crippen molar-refractivity contribution in [1.82, 2.24) is 10.1 Å². The Morgan fingerprint density at radius 1 is 1.15 bits per heavy atom. The Kier molecular flexibility index (Phi) is 5.06. The molecule has 1 aliphatic heterocycles. The van der Waals surface area contributed by atoms with Gasteiger partial charge >= 0.3 is 5.51 Å². The number of piperidine rings is 1. The number of benzene rings is 1. The molecule has 2 heterocycles. The lowest BCUT2D eigenvalue weighted by Crippen LogP contribution is -2.33. The zero-order chi connectivity index (χ0) is 19.8. The lowest BCUT2D eigenvalue weighted by molar-refractivity contribution is -0.0436. The maximum atomic E-state index is 12.6. The molecule has 0 atom stereocenters. The van der Waals surface area contributed by atoms with Crippen LogP contribution >= 0.6 is 0 Å². The van der Waals surface area contributed by atoms with Crippen molar-refractivity contribution < 1.29 is 26.1 Å². The smallest absolute Gasteiger partial charge is 0.371 e. The van der Waals surface area contributed by atoms with Gasteiger partial charge in [-0.2, -0.15) is 18.2 Å². The number of nitrogens with zero attached hydrogens (tertiary/aromatic N) is 4. The molecule has 0 unspecified atom stereocenters. The molecule has 1 aliphatic rings. The van der Waals surface area contributed by atoms with Crippen molar-refractivity contribution in [2.24, 2.45) is 0 Å². The van der Waals surface area contributed by atoms with Crippen LogP contribution in [0, 0.1) is 0 Å². The van der Waals surface area contributed by atoms with E-state index in [0.717, 1.165) is 25.0 Å². The van der Waals surface area contributed by atoms with Gasteiger partial charge in [0.25, 0.3) is 15.8 Å². The van der Waals surface area contributed by atoms with Crippen molar-refractivity contribution in [3.05, 3.63) is 30.2 Å². The monoisotopic (exact) mass is 404 g/mol. The number of aromatic nitrogens is 2. The van der Waals surface area contributed by atoms with Crippen LogP contribution in [0.3, 0.4) is 0 Å². The van der Waals surface area contributed by atoms with Gasteiger partial charge in [-0.1, -0.05) is 0 Å². The molecule has 1 saturated heterocycles. The molecule has 0 aliphatic carbocycles. The molecular weight excluding hydrogens is 385 g/mol. The lowest BCUT2D eigenvalue weighted by Gasteiger charge is -2.32. The summed E-state index contributed by atoms with van der Waals surface area (Å²) in [6.07, 6.45) is 1.50. The third-order valence-electron chi connectivity index (χ3n) is 4.49. The molecule has 0 saturated carbocycles. The van der Waals surface area contributed by atoms with Gasteiger partial charge in [-0.25, -0.2) is 8.42 Å². The van der Waals surface area contributed by atoms with Crippen LogP contribution in [0.15, 0.2) is 33.7 Å². The molecule has 1 fully saturated rings. The zero-order valence-corrected chi connectivity index (χ0v) is 15.6. The van der Waals surface area contributed by atoms with Gasteiger partial charge in [-0.05, 0) is 42.3 Å². The van der Waals surface area contributed by atoms with Crippen molar-refractivity contribution in [3.63, 3.8) is 0 Å². The Labute approximate surface area is 154 Å². The molecule has 0 amide bonds. The molecule has 0 bridgehead atoms. The zero-order valence-electron chi connectivity index (χ0n) is 14.8. The molecule has 1 aromatic heterocycles. The van der Waals surface area contributed by atoms with Crippen LogP contribution in [0.4, 0.5) is 24.8 Å². The number of hydrogen-bond donors (Lipinski definition) is 0. The van der Waals surface area contributed by atoms with E-state index in [9.17, 15) is 21.6 Å². The Balaban J connectivity index is 1.66. The van der Waals surface area contributed by atoms with Gasteiger partial charge in [0.15, 0.2) is 0 Å². The maximum absolute atomic E-state index is 12.6. The highest BCUT2D eigenvalue weighted by Crippen LogP contribution is 2.33. The highest BCUT2D eigenvalue weighted by Gasteiger charge is 2.46. The number of halogens is 3. The standard InChI is InChI=1S/C16H19F3N4O3S/c1-22(2)15-20-14(26-21-15)11-7-9-23(10-8-11)12-3-5-13(6-4-12)27(24,25)16(17,18)19/h3-6,11H,7-10H2,1-2H3. The fraction of sp³-hybridized carbons (Fsp3) is 0.500. The average molecular weight is 404 g/mol. The normalized spacial score (nSPS) is 16.6. The number of hydrogen-bond acceptors (Lipinski definition) is 7. The molecule has 0 N–H and O–H groups in total. The SMILES string of the molecule is CN(C)c1noc(C2CCN(c3ccc(S(=O)(=O)C(F)(F)F)cc3)CC2)n1. The van der Waals surface area contributed by atoms with Crippen molar-refractivity contribution in [2.45, 2.75) is 29.2 Å². The fourth-order valence-electron chi connectivity index (χ4n) is 2.93. The van der Waals surface area contributed by atoms with E-state index < -0.39 is 20.2 Å². The van der Waals surface area contributed by atoms with Crippen LogP contribution in [0.2, 0.25) is 0 Å². The Hall–Kier alpha value is -2.30. The predicted octanol–water partition coefficient (Wildman–Crippen LogP) is 2.81. The molecule has 11 heteroatoms. The molecule has 1 aromatic carbocycles. The van der Waals surface area contributed by atoms with Gasteiger partial charge in [-0.15, -0.1) is 0 Å². The topological polar surface area (TPSA) is 79.5 Å². The van der Waals surface area contributed by atoms with Gasteiger partial charge in [0, 0.05) is 38.8 Å². The Morgan fingerprint density at radius 3 is 2.22 bits per heavy atom. The second-order valence-electron chi connectivity index (χ2n) is 6.53. The first-order valence-electron chi connectivity index (χ1n) is 8.27. The minimum atomic E-state index is -5.32. The summed E-state index contributed by atoms with van der Waals surface area (Å²) < 4.78 is 66.0. The molecule has 27 heavy (non-hydrogen) atoms. The van der Waals surface area contributed by atoms with E-state index in [1.165, 1.54) is 12.1 Å². The van der Waals surface area contributed by atoms with Crippen molar-refractivity contribution in [2.75, 3.05) is 37.0 Å². The van der Waals surface area contributed by atoms with E-state index in [1.807, 2.05) is 19.0 Å². The summed E-state index contributed by atoms with van der Waals surface area (Å²) in [5, 5.41) is 3.90. The summed E-state index contributed by atoms with van der Waals surface area (Å²) in [5.74, 6) is 1.20. The number of alkyl halides is 3. The molecule has 7 nitrogen and oxygen atoms in total. The summed E-state index contributed by atoms with van der Waals surface area (Å²) in [7, 11) is -1.68. The van der Waals surface area contributed by atoms with Crippen LogP contribution in [0.25, 0.3) is 0 Å². The second kappa shape index (κ2) is 7.02. The van der Waals surface area contributed by atoms with Gasteiger partial charge in [-0.3, -0.25) is 0 Å². The lowest BCUT2D eigenvalue weighted by atomic mass is 9.96. The molecule has 0 radical (unpaired) electrons. The first-order valence-corrected chi connectivity index (χ1v) is 9.75. The van der Waals surface area contributed by atoms with Crippen LogP contribution in [-0.4, -0.2) is 51.3 Å². The minimum absolute atomic E-state index is 0.118. The third-order valence-corrected chi connectivity index (χ3v) is 5.99. The summed E-state index contributed by atoms with van der Waals surface area (Å²) in [5.41, 5.74) is -4.63. The largest absolute Gasteiger partial charge is 0.501 e. The van der Waals surface area contributed by atoms with E-state index in [-0.39, 0.29) is 5.92 Å². The van der Waals surface area contributed by atoms with E-state index in [2.05, 4.69) is 10.1 Å². The molecule has 3 rings (SSSR count). The van der Waals surface area contributed by atoms with E-state index in [1.54, 1.807) is 4.90 Å². The van der Waals surface area contributed by atoms with Crippen molar-refractivity contribution in [1.29, 1.82) is 0 Å². The predicted molar refractivity (Wildman–Crippen MR) is 92.5 cm³/mol. The summed E-state index contributed by atoms with van der Waals surface area (Å²) in [4.78, 5) is 7.33. The first-order chi connectivity index (χ1) is 12.6. The van der Waals surface area contributed by atoms with Gasteiger partial charge in [0.05, 0.1) is 4.90 Å². The van der Waals surface area contributed by atoms with E-state index >= 15 is 0 Å². The van der Waals surface area contributed by atoms with Gasteiger partial charge in [0.2, 0.25) is 5.89 Å². The summed E-state index contributed by atoms with van der Waals surface area (Å²) >= 11 is 0. The first kappa shape index (κ1) is 19.5. The molecule has 148 valence electrons. The second-order valence-corrected chi connectivity index (χ2v) is 8.47. The summed E-state index contributed by atoms with van der Waals surface area (Å²) in [6.45, 7) is 1.30. The molecule has 0 spiro atoms. The van der Waals surface area contributed by atoms with Gasteiger partial charge < -0.3 is 14.3 Å². The quantitative estimate of drug-likeness (QED) is 0.775. The maximum Gasteiger partial charge on any atom is 0.501 e. The number of anilines is 2. The van der Waals surface area contributed by atoms with E-state index in [4.69, 9.17) is 4.52 Å². The van der Waals surface area contributed by atoms with Crippen molar-refractivity contribution >= 4 is 21.5 Å². The average Bonchev–Trinajstić information content (AvgIpc) is 3.11. The minimum Gasteiger partial charge on any atom is -0.371 e. The van der Waals surface area contributed by atoms with Crippen molar-refractivity contribution in [3.8, 4) is 0 Å². The fourth-order valence-corrected chi connectivity index (χ4v) is 3.69.